The Morgan fingerprint density at radius 3 is 2.00 bits per heavy atom. The fourth-order valence-electron chi connectivity index (χ4n) is 1.59. The molecular formula is C13H11ClN2O4S. The van der Waals surface area contributed by atoms with Gasteiger partial charge in [-0.3, -0.25) is 8.74 Å². The van der Waals surface area contributed by atoms with Gasteiger partial charge in [0.1, 0.15) is 0 Å². The van der Waals surface area contributed by atoms with Gasteiger partial charge in [-0.05, 0) is 30.3 Å². The van der Waals surface area contributed by atoms with Crippen molar-refractivity contribution in [1.82, 2.24) is 9.97 Å². The highest BCUT2D eigenvalue weighted by molar-refractivity contribution is 7.80. The van der Waals surface area contributed by atoms with E-state index in [2.05, 4.69) is 14.2 Å². The molecule has 21 heavy (non-hydrogen) atoms. The number of benzene rings is 2. The van der Waals surface area contributed by atoms with Crippen LogP contribution in [0.4, 0.5) is 0 Å². The summed E-state index contributed by atoms with van der Waals surface area (Å²) in [5.74, 6) is 0. The highest BCUT2D eigenvalue weighted by atomic mass is 35.5. The molecule has 3 rings (SSSR count). The second-order valence-electron chi connectivity index (χ2n) is 3.94. The Kier molecular flexibility index (Phi) is 4.69. The number of aromatic nitrogens is 2. The molecule has 0 unspecified atom stereocenters. The van der Waals surface area contributed by atoms with Crippen LogP contribution in [0.25, 0.3) is 22.1 Å². The quantitative estimate of drug-likeness (QED) is 0.546. The van der Waals surface area contributed by atoms with Gasteiger partial charge in [-0.2, -0.15) is 8.42 Å². The molecule has 8 heteroatoms. The van der Waals surface area contributed by atoms with E-state index in [1.54, 1.807) is 0 Å². The van der Waals surface area contributed by atoms with E-state index < -0.39 is 10.4 Å². The summed E-state index contributed by atoms with van der Waals surface area (Å²) < 4.78 is 29.7. The van der Waals surface area contributed by atoms with Gasteiger partial charge in [-0.25, -0.2) is 9.97 Å². The van der Waals surface area contributed by atoms with Crippen LogP contribution in [0.5, 0.6) is 0 Å². The summed E-state index contributed by atoms with van der Waals surface area (Å²) >= 11 is 5.90. The molecule has 0 radical (unpaired) electrons. The number of fused-ring (bicyclic) bond motifs is 2. The number of rotatable bonds is 1. The molecule has 1 heterocycles. The van der Waals surface area contributed by atoms with E-state index in [0.29, 0.717) is 5.02 Å². The van der Waals surface area contributed by atoms with Gasteiger partial charge in [0.15, 0.2) is 0 Å². The second kappa shape index (κ2) is 6.31. The maximum atomic E-state index is 9.33. The molecule has 0 amide bonds. The number of halogens is 1. The van der Waals surface area contributed by atoms with Crippen LogP contribution in [-0.2, 0) is 14.6 Å². The van der Waals surface area contributed by atoms with Gasteiger partial charge in [0.25, 0.3) is 0 Å². The summed E-state index contributed by atoms with van der Waals surface area (Å²) in [6.45, 7) is 0. The van der Waals surface area contributed by atoms with Crippen molar-refractivity contribution in [3.8, 4) is 0 Å². The average Bonchev–Trinajstić information content (AvgIpc) is 2.45. The van der Waals surface area contributed by atoms with Gasteiger partial charge < -0.3 is 0 Å². The lowest BCUT2D eigenvalue weighted by Gasteiger charge is -2.00. The number of nitrogens with zero attached hydrogens (tertiary/aromatic N) is 2. The number of para-hydroxylation sites is 2. The molecule has 0 bridgehead atoms. The summed E-state index contributed by atoms with van der Waals surface area (Å²) in [7, 11) is -3.29. The molecule has 6 nitrogen and oxygen atoms in total. The lowest BCUT2D eigenvalue weighted by molar-refractivity contribution is 0.324. The Balaban J connectivity index is 0.000000232. The van der Waals surface area contributed by atoms with Crippen molar-refractivity contribution in [3.63, 3.8) is 0 Å². The molecule has 110 valence electrons. The average molecular weight is 327 g/mol. The Hall–Kier alpha value is -1.80. The van der Waals surface area contributed by atoms with Gasteiger partial charge in [-0.1, -0.05) is 23.7 Å². The molecule has 0 saturated carbocycles. The van der Waals surface area contributed by atoms with Gasteiger partial charge in [0.2, 0.25) is 0 Å². The highest BCUT2D eigenvalue weighted by Crippen LogP contribution is 2.19. The predicted octanol–water partition coefficient (Wildman–Crippen LogP) is 2.87. The normalized spacial score (nSPS) is 11.2. The third-order valence-electron chi connectivity index (χ3n) is 2.51. The van der Waals surface area contributed by atoms with Crippen LogP contribution in [-0.4, -0.2) is 30.0 Å². The van der Waals surface area contributed by atoms with Crippen molar-refractivity contribution < 1.29 is 17.2 Å². The SMILES string of the molecule is COS(=O)(=O)O.Clc1ccc2nc3ccccc3nc2c1. The van der Waals surface area contributed by atoms with E-state index in [0.717, 1.165) is 29.2 Å². The van der Waals surface area contributed by atoms with Gasteiger partial charge >= 0.3 is 10.4 Å². The van der Waals surface area contributed by atoms with E-state index in [9.17, 15) is 8.42 Å². The van der Waals surface area contributed by atoms with Crippen molar-refractivity contribution in [2.45, 2.75) is 0 Å². The minimum atomic E-state index is -4.16. The molecular weight excluding hydrogens is 316 g/mol. The van der Waals surface area contributed by atoms with Crippen molar-refractivity contribution in [1.29, 1.82) is 0 Å². The second-order valence-corrected chi connectivity index (χ2v) is 5.56. The Morgan fingerprint density at radius 2 is 1.48 bits per heavy atom. The Morgan fingerprint density at radius 1 is 1.00 bits per heavy atom. The Bertz CT molecular complexity index is 884. The van der Waals surface area contributed by atoms with Crippen LogP contribution in [0.3, 0.4) is 0 Å². The first-order valence-electron chi connectivity index (χ1n) is 5.74. The van der Waals surface area contributed by atoms with E-state index >= 15 is 0 Å². The van der Waals surface area contributed by atoms with Crippen LogP contribution in [0.15, 0.2) is 42.5 Å². The molecule has 0 aliphatic rings. The van der Waals surface area contributed by atoms with Crippen LogP contribution in [0, 0.1) is 0 Å². The Labute approximate surface area is 126 Å². The zero-order valence-electron chi connectivity index (χ0n) is 10.9. The zero-order valence-corrected chi connectivity index (χ0v) is 12.5. The molecule has 0 saturated heterocycles. The van der Waals surface area contributed by atoms with Crippen LogP contribution in [0.2, 0.25) is 5.02 Å². The third kappa shape index (κ3) is 4.33. The van der Waals surface area contributed by atoms with Crippen molar-refractivity contribution in [2.75, 3.05) is 7.11 Å². The summed E-state index contributed by atoms with van der Waals surface area (Å²) in [5.41, 5.74) is 3.51. The minimum Gasteiger partial charge on any atom is -0.264 e. The first-order chi connectivity index (χ1) is 9.89. The van der Waals surface area contributed by atoms with Gasteiger partial charge in [-0.15, -0.1) is 0 Å². The lowest BCUT2D eigenvalue weighted by Crippen LogP contribution is -1.96. The van der Waals surface area contributed by atoms with Gasteiger partial charge in [0.05, 0.1) is 29.2 Å². The van der Waals surface area contributed by atoms with Crippen LogP contribution >= 0.6 is 11.6 Å². The topological polar surface area (TPSA) is 89.4 Å². The monoisotopic (exact) mass is 326 g/mol. The maximum absolute atomic E-state index is 9.33. The highest BCUT2D eigenvalue weighted by Gasteiger charge is 2.00. The molecule has 2 aromatic carbocycles. The summed E-state index contributed by atoms with van der Waals surface area (Å²) in [4.78, 5) is 8.99. The fourth-order valence-corrected chi connectivity index (χ4v) is 1.76. The molecule has 1 aromatic heterocycles. The first kappa shape index (κ1) is 15.6. The minimum absolute atomic E-state index is 0.687. The maximum Gasteiger partial charge on any atom is 0.397 e. The number of hydrogen-bond acceptors (Lipinski definition) is 5. The molecule has 3 aromatic rings. The van der Waals surface area contributed by atoms with E-state index in [-0.39, 0.29) is 0 Å². The summed E-state index contributed by atoms with van der Waals surface area (Å²) in [6.07, 6.45) is 0. The molecule has 0 fully saturated rings. The smallest absolute Gasteiger partial charge is 0.264 e. The molecule has 0 atom stereocenters. The first-order valence-corrected chi connectivity index (χ1v) is 7.48. The van der Waals surface area contributed by atoms with Crippen molar-refractivity contribution in [2.24, 2.45) is 0 Å². The van der Waals surface area contributed by atoms with E-state index in [1.165, 1.54) is 0 Å². The number of hydrogen-bond donors (Lipinski definition) is 1. The summed E-state index contributed by atoms with van der Waals surface area (Å²) in [5, 5.41) is 0.687. The molecule has 0 aliphatic carbocycles. The fraction of sp³-hybridized carbons (Fsp3) is 0.0769. The molecule has 0 spiro atoms. The standard InChI is InChI=1S/C12H7ClN2.CH4O4S/c13-8-5-6-11-12(7-8)15-10-4-2-1-3-9(10)14-11;1-5-6(2,3)4/h1-7H;1H3,(H,2,3,4). The van der Waals surface area contributed by atoms with E-state index in [1.807, 2.05) is 42.5 Å². The summed E-state index contributed by atoms with van der Waals surface area (Å²) in [6, 6.07) is 13.4. The van der Waals surface area contributed by atoms with Crippen molar-refractivity contribution >= 4 is 44.1 Å². The van der Waals surface area contributed by atoms with Crippen LogP contribution in [0.1, 0.15) is 0 Å². The van der Waals surface area contributed by atoms with Crippen molar-refractivity contribution in [3.05, 3.63) is 47.5 Å². The molecule has 0 aliphatic heterocycles. The largest absolute Gasteiger partial charge is 0.397 e. The van der Waals surface area contributed by atoms with Gasteiger partial charge in [0, 0.05) is 5.02 Å². The lowest BCUT2D eigenvalue weighted by atomic mass is 10.2. The van der Waals surface area contributed by atoms with E-state index in [4.69, 9.17) is 16.2 Å². The predicted molar refractivity (Wildman–Crippen MR) is 80.6 cm³/mol. The van der Waals surface area contributed by atoms with Crippen LogP contribution < -0.4 is 0 Å². The zero-order chi connectivity index (χ0) is 15.5. The molecule has 1 N–H and O–H groups in total. The third-order valence-corrected chi connectivity index (χ3v) is 3.17.